The third kappa shape index (κ3) is 3.32. The minimum Gasteiger partial charge on any atom is -0.352 e. The van der Waals surface area contributed by atoms with Crippen LogP contribution in [0.4, 0.5) is 0 Å². The van der Waals surface area contributed by atoms with Crippen LogP contribution in [0.2, 0.25) is 0 Å². The molecule has 2 rings (SSSR count). The number of nitrogens with zero attached hydrogens (tertiary/aromatic N) is 2. The fourth-order valence-corrected chi connectivity index (χ4v) is 1.96. The van der Waals surface area contributed by atoms with Crippen molar-refractivity contribution in [3.63, 3.8) is 0 Å². The smallest absolute Gasteiger partial charge is 0.251 e. The number of nitrogens with one attached hydrogen (secondary N) is 1. The van der Waals surface area contributed by atoms with E-state index in [1.807, 2.05) is 26.0 Å². The quantitative estimate of drug-likeness (QED) is 0.924. The van der Waals surface area contributed by atoms with Gasteiger partial charge in [-0.25, -0.2) is 4.68 Å². The van der Waals surface area contributed by atoms with E-state index in [9.17, 15) is 9.59 Å². The number of carbonyl (C=O) groups excluding carboxylic acids is 2. The van der Waals surface area contributed by atoms with Gasteiger partial charge in [-0.1, -0.05) is 18.2 Å². The lowest BCUT2D eigenvalue weighted by Crippen LogP contribution is -2.27. The van der Waals surface area contributed by atoms with Gasteiger partial charge in [0.1, 0.15) is 0 Å². The van der Waals surface area contributed by atoms with Crippen molar-refractivity contribution >= 4 is 11.8 Å². The lowest BCUT2D eigenvalue weighted by molar-refractivity contribution is 0.0876. The first-order valence-electron chi connectivity index (χ1n) is 6.47. The van der Waals surface area contributed by atoms with Gasteiger partial charge in [0, 0.05) is 24.2 Å². The SMILES string of the molecule is Cc1cc(C)n(C(=O)CCNC(=O)c2ccccc2)n1. The maximum Gasteiger partial charge on any atom is 0.251 e. The molecule has 1 amide bonds. The van der Waals surface area contributed by atoms with Crippen LogP contribution in [0.3, 0.4) is 0 Å². The Morgan fingerprint density at radius 2 is 1.90 bits per heavy atom. The van der Waals surface area contributed by atoms with Crippen molar-refractivity contribution in [3.8, 4) is 0 Å². The number of aromatic nitrogens is 2. The van der Waals surface area contributed by atoms with Crippen LogP contribution in [0, 0.1) is 13.8 Å². The largest absolute Gasteiger partial charge is 0.352 e. The molecule has 0 saturated carbocycles. The maximum absolute atomic E-state index is 11.9. The molecule has 20 heavy (non-hydrogen) atoms. The second kappa shape index (κ2) is 6.14. The van der Waals surface area contributed by atoms with E-state index < -0.39 is 0 Å². The molecule has 5 nitrogen and oxygen atoms in total. The molecule has 1 aromatic carbocycles. The van der Waals surface area contributed by atoms with Gasteiger partial charge in [0.2, 0.25) is 5.91 Å². The summed E-state index contributed by atoms with van der Waals surface area (Å²) < 4.78 is 1.38. The molecule has 0 radical (unpaired) electrons. The zero-order valence-corrected chi connectivity index (χ0v) is 11.6. The number of aryl methyl sites for hydroxylation is 2. The number of rotatable bonds is 4. The summed E-state index contributed by atoms with van der Waals surface area (Å²) >= 11 is 0. The molecule has 0 aliphatic carbocycles. The van der Waals surface area contributed by atoms with Crippen LogP contribution in [-0.4, -0.2) is 28.1 Å². The Bertz CT molecular complexity index is 617. The molecule has 1 N–H and O–H groups in total. The van der Waals surface area contributed by atoms with Gasteiger partial charge in [-0.15, -0.1) is 0 Å². The normalized spacial score (nSPS) is 10.3. The van der Waals surface area contributed by atoms with Crippen LogP contribution in [0.15, 0.2) is 36.4 Å². The second-order valence-corrected chi connectivity index (χ2v) is 4.60. The molecule has 1 heterocycles. The van der Waals surface area contributed by atoms with E-state index in [2.05, 4.69) is 10.4 Å². The molecule has 0 aliphatic rings. The van der Waals surface area contributed by atoms with E-state index in [4.69, 9.17) is 0 Å². The van der Waals surface area contributed by atoms with E-state index in [0.29, 0.717) is 12.1 Å². The molecular weight excluding hydrogens is 254 g/mol. The van der Waals surface area contributed by atoms with E-state index in [0.717, 1.165) is 11.4 Å². The molecular formula is C15H17N3O2. The topological polar surface area (TPSA) is 64.0 Å². The number of benzene rings is 1. The third-order valence-electron chi connectivity index (χ3n) is 2.91. The molecule has 5 heteroatoms. The summed E-state index contributed by atoms with van der Waals surface area (Å²) in [4.78, 5) is 23.7. The van der Waals surface area contributed by atoms with Crippen molar-refractivity contribution in [3.05, 3.63) is 53.3 Å². The van der Waals surface area contributed by atoms with E-state index in [1.54, 1.807) is 24.3 Å². The van der Waals surface area contributed by atoms with Crippen LogP contribution in [0.5, 0.6) is 0 Å². The van der Waals surface area contributed by atoms with Crippen LogP contribution in [0.1, 0.15) is 33.0 Å². The Morgan fingerprint density at radius 1 is 1.20 bits per heavy atom. The number of amides is 1. The average molecular weight is 271 g/mol. The maximum atomic E-state index is 11.9. The minimum atomic E-state index is -0.174. The lowest BCUT2D eigenvalue weighted by atomic mass is 10.2. The Morgan fingerprint density at radius 3 is 2.50 bits per heavy atom. The summed E-state index contributed by atoms with van der Waals surface area (Å²) in [6.07, 6.45) is 0.223. The molecule has 1 aromatic heterocycles. The molecule has 0 spiro atoms. The molecule has 0 fully saturated rings. The summed E-state index contributed by atoms with van der Waals surface area (Å²) in [6, 6.07) is 10.8. The predicted molar refractivity (Wildman–Crippen MR) is 75.7 cm³/mol. The zero-order chi connectivity index (χ0) is 14.5. The summed E-state index contributed by atoms with van der Waals surface area (Å²) in [5.74, 6) is -0.296. The first-order chi connectivity index (χ1) is 9.58. The summed E-state index contributed by atoms with van der Waals surface area (Å²) in [7, 11) is 0. The molecule has 2 aromatic rings. The van der Waals surface area contributed by atoms with Crippen molar-refractivity contribution in [2.24, 2.45) is 0 Å². The van der Waals surface area contributed by atoms with E-state index in [1.165, 1.54) is 4.68 Å². The highest BCUT2D eigenvalue weighted by atomic mass is 16.2. The standard InChI is InChI=1S/C15H17N3O2/c1-11-10-12(2)18(17-11)14(19)8-9-16-15(20)13-6-4-3-5-7-13/h3-7,10H,8-9H2,1-2H3,(H,16,20). The van der Waals surface area contributed by atoms with Gasteiger partial charge >= 0.3 is 0 Å². The number of hydrogen-bond acceptors (Lipinski definition) is 3. The Hall–Kier alpha value is -2.43. The highest BCUT2D eigenvalue weighted by Gasteiger charge is 2.11. The Balaban J connectivity index is 1.86. The fourth-order valence-electron chi connectivity index (χ4n) is 1.96. The van der Waals surface area contributed by atoms with Gasteiger partial charge in [0.15, 0.2) is 0 Å². The Labute approximate surface area is 117 Å². The first-order valence-corrected chi connectivity index (χ1v) is 6.47. The summed E-state index contributed by atoms with van der Waals surface area (Å²) in [5.41, 5.74) is 2.21. The minimum absolute atomic E-state index is 0.121. The molecule has 0 saturated heterocycles. The van der Waals surface area contributed by atoms with Crippen molar-refractivity contribution in [1.29, 1.82) is 0 Å². The second-order valence-electron chi connectivity index (χ2n) is 4.60. The predicted octanol–water partition coefficient (Wildman–Crippen LogP) is 1.96. The van der Waals surface area contributed by atoms with Crippen molar-refractivity contribution < 1.29 is 9.59 Å². The monoisotopic (exact) mass is 271 g/mol. The summed E-state index contributed by atoms with van der Waals surface area (Å²) in [6.45, 7) is 3.97. The van der Waals surface area contributed by atoms with E-state index >= 15 is 0 Å². The van der Waals surface area contributed by atoms with Crippen molar-refractivity contribution in [1.82, 2.24) is 15.1 Å². The number of hydrogen-bond donors (Lipinski definition) is 1. The molecule has 0 aliphatic heterocycles. The average Bonchev–Trinajstić information content (AvgIpc) is 2.78. The summed E-state index contributed by atoms with van der Waals surface area (Å²) in [5, 5.41) is 6.85. The van der Waals surface area contributed by atoms with Crippen LogP contribution in [0.25, 0.3) is 0 Å². The molecule has 104 valence electrons. The molecule has 0 unspecified atom stereocenters. The molecule has 0 atom stereocenters. The highest BCUT2D eigenvalue weighted by Crippen LogP contribution is 2.03. The third-order valence-corrected chi connectivity index (χ3v) is 2.91. The van der Waals surface area contributed by atoms with Gasteiger partial charge in [0.25, 0.3) is 5.91 Å². The van der Waals surface area contributed by atoms with Crippen molar-refractivity contribution in [2.45, 2.75) is 20.3 Å². The van der Waals surface area contributed by atoms with Gasteiger partial charge in [-0.2, -0.15) is 5.10 Å². The van der Waals surface area contributed by atoms with Crippen LogP contribution >= 0.6 is 0 Å². The molecule has 0 bridgehead atoms. The first kappa shape index (κ1) is 14.0. The number of carbonyl (C=O) groups is 2. The Kier molecular flexibility index (Phi) is 4.30. The van der Waals surface area contributed by atoms with Gasteiger partial charge in [-0.3, -0.25) is 9.59 Å². The van der Waals surface area contributed by atoms with Gasteiger partial charge < -0.3 is 5.32 Å². The zero-order valence-electron chi connectivity index (χ0n) is 11.6. The van der Waals surface area contributed by atoms with Crippen LogP contribution < -0.4 is 5.32 Å². The van der Waals surface area contributed by atoms with Crippen molar-refractivity contribution in [2.75, 3.05) is 6.54 Å². The fraction of sp³-hybridized carbons (Fsp3) is 0.267. The van der Waals surface area contributed by atoms with Crippen LogP contribution in [-0.2, 0) is 0 Å². The van der Waals surface area contributed by atoms with E-state index in [-0.39, 0.29) is 18.2 Å². The van der Waals surface area contributed by atoms with Gasteiger partial charge in [-0.05, 0) is 32.0 Å². The lowest BCUT2D eigenvalue weighted by Gasteiger charge is -2.05. The van der Waals surface area contributed by atoms with Gasteiger partial charge in [0.05, 0.1) is 5.69 Å². The highest BCUT2D eigenvalue weighted by molar-refractivity contribution is 5.94.